The first-order chi connectivity index (χ1) is 17.8. The smallest absolute Gasteiger partial charge is 0.416 e. The van der Waals surface area contributed by atoms with Crippen LogP contribution >= 0.6 is 0 Å². The van der Waals surface area contributed by atoms with Crippen molar-refractivity contribution in [3.05, 3.63) is 64.7 Å². The summed E-state index contributed by atoms with van der Waals surface area (Å²) < 4.78 is 85.6. The Morgan fingerprint density at radius 2 is 1.68 bits per heavy atom. The molecule has 0 bridgehead atoms. The summed E-state index contributed by atoms with van der Waals surface area (Å²) in [7, 11) is 0. The molecule has 2 aromatic carbocycles. The Kier molecular flexibility index (Phi) is 8.30. The van der Waals surface area contributed by atoms with Crippen LogP contribution in [0, 0.1) is 17.8 Å². The number of ether oxygens (including phenoxy) is 1. The fraction of sp³-hybridized carbons (Fsp3) is 0.536. The molecule has 0 amide bonds. The highest BCUT2D eigenvalue weighted by molar-refractivity contribution is 5.71. The summed E-state index contributed by atoms with van der Waals surface area (Å²) in [6.45, 7) is 2.81. The number of hydrogen-bond acceptors (Lipinski definition) is 3. The number of piperidine rings is 1. The Balaban J connectivity index is 1.34. The lowest BCUT2D eigenvalue weighted by Crippen LogP contribution is -2.35. The zero-order chi connectivity index (χ0) is 27.7. The van der Waals surface area contributed by atoms with E-state index >= 15 is 0 Å². The van der Waals surface area contributed by atoms with Gasteiger partial charge in [-0.3, -0.25) is 9.69 Å². The lowest BCUT2D eigenvalue weighted by atomic mass is 9.83. The summed E-state index contributed by atoms with van der Waals surface area (Å²) in [5, 5.41) is 9.51. The van der Waals surface area contributed by atoms with Gasteiger partial charge in [0, 0.05) is 6.54 Å². The van der Waals surface area contributed by atoms with Gasteiger partial charge < -0.3 is 9.84 Å². The van der Waals surface area contributed by atoms with Crippen LogP contribution < -0.4 is 4.74 Å². The molecule has 1 heterocycles. The third-order valence-electron chi connectivity index (χ3n) is 7.63. The third-order valence-corrected chi connectivity index (χ3v) is 7.63. The van der Waals surface area contributed by atoms with Crippen LogP contribution in [-0.2, 0) is 23.7 Å². The molecule has 1 saturated heterocycles. The molecule has 1 saturated carbocycles. The molecule has 0 aromatic heterocycles. The molecule has 2 atom stereocenters. The minimum absolute atomic E-state index is 0.0725. The predicted octanol–water partition coefficient (Wildman–Crippen LogP) is 7.23. The monoisotopic (exact) mass is 543 g/mol. The van der Waals surface area contributed by atoms with Crippen molar-refractivity contribution < 1.29 is 41.0 Å². The number of hydrogen-bond donors (Lipinski definition) is 1. The van der Waals surface area contributed by atoms with Crippen molar-refractivity contribution in [1.29, 1.82) is 0 Å². The molecule has 0 radical (unpaired) electrons. The van der Waals surface area contributed by atoms with E-state index in [0.717, 1.165) is 18.4 Å². The molecule has 4 rings (SSSR count). The van der Waals surface area contributed by atoms with Crippen LogP contribution in [0.3, 0.4) is 0 Å². The molecule has 2 unspecified atom stereocenters. The van der Waals surface area contributed by atoms with Crippen molar-refractivity contribution in [2.24, 2.45) is 17.8 Å². The molecule has 4 nitrogen and oxygen atoms in total. The summed E-state index contributed by atoms with van der Waals surface area (Å²) in [5.74, 6) is -0.251. The standard InChI is InChI=1S/C28H31F6NO3/c1-17(26(36)37)25(19-5-6-19)20-3-2-4-23(14-20)38-16-18-9-11-35(12-10-18)15-21-13-22(27(29,30)31)7-8-24(21)28(32,33)34/h2-4,7-8,13-14,17-19,25H,5-6,9-12,15-16H2,1H3,(H,36,37). The average Bonchev–Trinajstić information content (AvgIpc) is 3.68. The van der Waals surface area contributed by atoms with Gasteiger partial charge in [0.25, 0.3) is 0 Å². The molecule has 38 heavy (non-hydrogen) atoms. The number of benzene rings is 2. The van der Waals surface area contributed by atoms with E-state index in [9.17, 15) is 36.2 Å². The van der Waals surface area contributed by atoms with E-state index in [1.54, 1.807) is 11.8 Å². The van der Waals surface area contributed by atoms with Gasteiger partial charge in [0.1, 0.15) is 5.75 Å². The summed E-state index contributed by atoms with van der Waals surface area (Å²) in [6.07, 6.45) is -6.15. The zero-order valence-corrected chi connectivity index (χ0v) is 21.0. The number of nitrogens with zero attached hydrogens (tertiary/aromatic N) is 1. The second kappa shape index (κ2) is 11.2. The maximum atomic E-state index is 13.4. The molecular weight excluding hydrogens is 512 g/mol. The van der Waals surface area contributed by atoms with E-state index in [4.69, 9.17) is 4.74 Å². The third kappa shape index (κ3) is 7.01. The van der Waals surface area contributed by atoms with E-state index in [0.29, 0.717) is 62.4 Å². The van der Waals surface area contributed by atoms with Gasteiger partial charge in [0.2, 0.25) is 0 Å². The molecule has 208 valence electrons. The van der Waals surface area contributed by atoms with Crippen molar-refractivity contribution in [2.75, 3.05) is 19.7 Å². The number of carbonyl (C=O) groups is 1. The number of halogens is 6. The molecule has 2 fully saturated rings. The molecule has 1 N–H and O–H groups in total. The van der Waals surface area contributed by atoms with Crippen LogP contribution in [0.4, 0.5) is 26.3 Å². The number of carboxylic acids is 1. The van der Waals surface area contributed by atoms with Gasteiger partial charge in [-0.2, -0.15) is 26.3 Å². The average molecular weight is 544 g/mol. The van der Waals surface area contributed by atoms with Gasteiger partial charge in [0.05, 0.1) is 23.7 Å². The topological polar surface area (TPSA) is 49.8 Å². The fourth-order valence-corrected chi connectivity index (χ4v) is 5.33. The highest BCUT2D eigenvalue weighted by Gasteiger charge is 2.39. The van der Waals surface area contributed by atoms with Gasteiger partial charge in [-0.25, -0.2) is 0 Å². The minimum atomic E-state index is -4.74. The quantitative estimate of drug-likeness (QED) is 0.339. The molecule has 1 aliphatic carbocycles. The minimum Gasteiger partial charge on any atom is -0.493 e. The highest BCUT2D eigenvalue weighted by atomic mass is 19.4. The summed E-state index contributed by atoms with van der Waals surface area (Å²) in [6, 6.07) is 9.08. The van der Waals surface area contributed by atoms with E-state index < -0.39 is 35.4 Å². The SMILES string of the molecule is CC(C(=O)O)C(c1cccc(OCC2CCN(Cc3cc(C(F)(F)F)ccc3C(F)(F)F)CC2)c1)C1CC1. The van der Waals surface area contributed by atoms with Gasteiger partial charge >= 0.3 is 18.3 Å². The van der Waals surface area contributed by atoms with Crippen LogP contribution in [0.1, 0.15) is 60.8 Å². The number of aliphatic carboxylic acids is 1. The second-order valence-electron chi connectivity index (χ2n) is 10.5. The first-order valence-electron chi connectivity index (χ1n) is 12.8. The van der Waals surface area contributed by atoms with E-state index in [1.807, 2.05) is 24.3 Å². The summed E-state index contributed by atoms with van der Waals surface area (Å²) in [5.41, 5.74) is -1.57. The van der Waals surface area contributed by atoms with Gasteiger partial charge in [-0.05, 0) is 98.0 Å². The van der Waals surface area contributed by atoms with E-state index in [-0.39, 0.29) is 23.9 Å². The Morgan fingerprint density at radius 1 is 1.00 bits per heavy atom. The Hall–Kier alpha value is -2.75. The molecule has 2 aliphatic rings. The Labute approximate surface area is 217 Å². The Morgan fingerprint density at radius 3 is 2.26 bits per heavy atom. The number of rotatable bonds is 9. The van der Waals surface area contributed by atoms with Crippen LogP contribution in [0.5, 0.6) is 5.75 Å². The number of alkyl halides is 6. The van der Waals surface area contributed by atoms with Gasteiger partial charge in [-0.15, -0.1) is 0 Å². The molecule has 2 aromatic rings. The predicted molar refractivity (Wildman–Crippen MR) is 129 cm³/mol. The van der Waals surface area contributed by atoms with Crippen molar-refractivity contribution in [1.82, 2.24) is 4.90 Å². The zero-order valence-electron chi connectivity index (χ0n) is 21.0. The normalized spacial score (nSPS) is 19.2. The number of likely N-dealkylation sites (tertiary alicyclic amines) is 1. The Bertz CT molecular complexity index is 1120. The first-order valence-corrected chi connectivity index (χ1v) is 12.8. The van der Waals surface area contributed by atoms with Crippen molar-refractivity contribution in [3.63, 3.8) is 0 Å². The van der Waals surface area contributed by atoms with Crippen molar-refractivity contribution in [2.45, 2.75) is 57.4 Å². The second-order valence-corrected chi connectivity index (χ2v) is 10.5. The highest BCUT2D eigenvalue weighted by Crippen LogP contribution is 2.47. The maximum Gasteiger partial charge on any atom is 0.416 e. The van der Waals surface area contributed by atoms with Gasteiger partial charge in [0.15, 0.2) is 0 Å². The van der Waals surface area contributed by atoms with Crippen LogP contribution in [0.2, 0.25) is 0 Å². The van der Waals surface area contributed by atoms with Crippen LogP contribution in [-0.4, -0.2) is 35.7 Å². The molecule has 0 spiro atoms. The van der Waals surface area contributed by atoms with Crippen molar-refractivity contribution in [3.8, 4) is 5.75 Å². The van der Waals surface area contributed by atoms with E-state index in [1.165, 1.54) is 0 Å². The lowest BCUT2D eigenvalue weighted by molar-refractivity contribution is -0.142. The summed E-state index contributed by atoms with van der Waals surface area (Å²) >= 11 is 0. The van der Waals surface area contributed by atoms with Crippen LogP contribution in [0.25, 0.3) is 0 Å². The molecular formula is C28H31F6NO3. The molecule has 1 aliphatic heterocycles. The van der Waals surface area contributed by atoms with Gasteiger partial charge in [-0.1, -0.05) is 19.1 Å². The lowest BCUT2D eigenvalue weighted by Gasteiger charge is -2.32. The first kappa shape index (κ1) is 28.3. The summed E-state index contributed by atoms with van der Waals surface area (Å²) in [4.78, 5) is 13.3. The van der Waals surface area contributed by atoms with Crippen LogP contribution in [0.15, 0.2) is 42.5 Å². The number of carboxylic acid groups (broad SMARTS) is 1. The largest absolute Gasteiger partial charge is 0.493 e. The molecule has 10 heteroatoms. The van der Waals surface area contributed by atoms with Crippen molar-refractivity contribution >= 4 is 5.97 Å². The maximum absolute atomic E-state index is 13.4. The fourth-order valence-electron chi connectivity index (χ4n) is 5.33. The van der Waals surface area contributed by atoms with E-state index in [2.05, 4.69) is 0 Å².